The third-order valence-corrected chi connectivity index (χ3v) is 3.14. The predicted molar refractivity (Wildman–Crippen MR) is 77.2 cm³/mol. The first kappa shape index (κ1) is 15.7. The Hall–Kier alpha value is -1.40. The van der Waals surface area contributed by atoms with E-state index < -0.39 is 5.97 Å². The Balaban J connectivity index is 2.67. The van der Waals surface area contributed by atoms with Crippen LogP contribution < -0.4 is 11.1 Å². The summed E-state index contributed by atoms with van der Waals surface area (Å²) >= 11 is 3.23. The second-order valence-corrected chi connectivity index (χ2v) is 5.89. The second-order valence-electron chi connectivity index (χ2n) is 5.04. The number of amides is 1. The van der Waals surface area contributed by atoms with Crippen molar-refractivity contribution in [1.29, 1.82) is 0 Å². The molecule has 104 valence electrons. The van der Waals surface area contributed by atoms with Crippen molar-refractivity contribution in [3.8, 4) is 0 Å². The molecule has 0 aliphatic rings. The van der Waals surface area contributed by atoms with Crippen LogP contribution in [-0.2, 0) is 4.79 Å². The summed E-state index contributed by atoms with van der Waals surface area (Å²) in [6.45, 7) is 3.72. The van der Waals surface area contributed by atoms with E-state index in [0.29, 0.717) is 23.0 Å². The minimum atomic E-state index is -1.01. The summed E-state index contributed by atoms with van der Waals surface area (Å²) in [5.74, 6) is -1.16. The van der Waals surface area contributed by atoms with Gasteiger partial charge in [-0.15, -0.1) is 0 Å². The van der Waals surface area contributed by atoms with Crippen LogP contribution in [0, 0.1) is 0 Å². The normalized spacial score (nSPS) is 11.2. The second kappa shape index (κ2) is 6.16. The van der Waals surface area contributed by atoms with Gasteiger partial charge in [-0.25, -0.2) is 4.79 Å². The number of benzene rings is 1. The number of nitrogens with one attached hydrogen (secondary N) is 1. The summed E-state index contributed by atoms with van der Waals surface area (Å²) in [5.41, 5.74) is 6.12. The van der Waals surface area contributed by atoms with Crippen molar-refractivity contribution >= 4 is 33.5 Å². The Morgan fingerprint density at radius 1 is 1.42 bits per heavy atom. The maximum atomic E-state index is 11.7. The highest BCUT2D eigenvalue weighted by Gasteiger charge is 2.14. The minimum absolute atomic E-state index is 0.151. The molecule has 4 N–H and O–H groups in total. The smallest absolute Gasteiger partial charge is 0.335 e. The molecule has 0 spiro atoms. The molecule has 1 aromatic carbocycles. The van der Waals surface area contributed by atoms with Crippen molar-refractivity contribution in [3.63, 3.8) is 0 Å². The molecular weight excluding hydrogens is 312 g/mol. The molecular formula is C13H17BrN2O3. The molecule has 0 bridgehead atoms. The largest absolute Gasteiger partial charge is 0.478 e. The number of hydrogen-bond acceptors (Lipinski definition) is 3. The SMILES string of the molecule is CC(C)(N)CCC(=O)Nc1ccc(C(=O)O)cc1Br. The molecule has 0 unspecified atom stereocenters. The first-order valence-corrected chi connectivity index (χ1v) is 6.60. The average molecular weight is 329 g/mol. The number of hydrogen-bond donors (Lipinski definition) is 3. The van der Waals surface area contributed by atoms with Crippen molar-refractivity contribution in [3.05, 3.63) is 28.2 Å². The Labute approximate surface area is 120 Å². The van der Waals surface area contributed by atoms with Gasteiger partial charge < -0.3 is 16.2 Å². The first-order chi connectivity index (χ1) is 8.69. The van der Waals surface area contributed by atoms with Crippen LogP contribution in [0.2, 0.25) is 0 Å². The number of carboxylic acids is 1. The van der Waals surface area contributed by atoms with Crippen LogP contribution in [0.15, 0.2) is 22.7 Å². The molecule has 6 heteroatoms. The molecule has 0 aromatic heterocycles. The lowest BCUT2D eigenvalue weighted by Gasteiger charge is -2.17. The number of anilines is 1. The maximum absolute atomic E-state index is 11.7. The van der Waals surface area contributed by atoms with E-state index in [2.05, 4.69) is 21.2 Å². The zero-order chi connectivity index (χ0) is 14.6. The van der Waals surface area contributed by atoms with Gasteiger partial charge in [-0.3, -0.25) is 4.79 Å². The van der Waals surface area contributed by atoms with Gasteiger partial charge in [-0.2, -0.15) is 0 Å². The number of nitrogens with two attached hydrogens (primary N) is 1. The lowest BCUT2D eigenvalue weighted by atomic mass is 10.00. The van der Waals surface area contributed by atoms with Gasteiger partial charge in [0.25, 0.3) is 0 Å². The number of aromatic carboxylic acids is 1. The fraction of sp³-hybridized carbons (Fsp3) is 0.385. The van der Waals surface area contributed by atoms with Crippen LogP contribution in [0.1, 0.15) is 37.0 Å². The number of carbonyl (C=O) groups excluding carboxylic acids is 1. The highest BCUT2D eigenvalue weighted by atomic mass is 79.9. The number of rotatable bonds is 5. The van der Waals surface area contributed by atoms with Gasteiger partial charge in [0.2, 0.25) is 5.91 Å². The summed E-state index contributed by atoms with van der Waals surface area (Å²) < 4.78 is 0.535. The molecule has 0 saturated heterocycles. The summed E-state index contributed by atoms with van der Waals surface area (Å²) in [6.07, 6.45) is 0.889. The van der Waals surface area contributed by atoms with Crippen LogP contribution in [-0.4, -0.2) is 22.5 Å². The minimum Gasteiger partial charge on any atom is -0.478 e. The van der Waals surface area contributed by atoms with Gasteiger partial charge in [0, 0.05) is 16.4 Å². The third kappa shape index (κ3) is 5.40. The van der Waals surface area contributed by atoms with Crippen molar-refractivity contribution in [1.82, 2.24) is 0 Å². The predicted octanol–water partition coefficient (Wildman–Crippen LogP) is 2.60. The van der Waals surface area contributed by atoms with Gasteiger partial charge in [-0.05, 0) is 54.4 Å². The Morgan fingerprint density at radius 2 is 2.05 bits per heavy atom. The molecule has 0 saturated carbocycles. The highest BCUT2D eigenvalue weighted by Crippen LogP contribution is 2.24. The highest BCUT2D eigenvalue weighted by molar-refractivity contribution is 9.10. The molecule has 0 aliphatic carbocycles. The zero-order valence-electron chi connectivity index (χ0n) is 10.9. The fourth-order valence-corrected chi connectivity index (χ4v) is 1.88. The van der Waals surface area contributed by atoms with Crippen LogP contribution >= 0.6 is 15.9 Å². The van der Waals surface area contributed by atoms with E-state index >= 15 is 0 Å². The van der Waals surface area contributed by atoms with E-state index in [1.165, 1.54) is 12.1 Å². The lowest BCUT2D eigenvalue weighted by Crippen LogP contribution is -2.33. The van der Waals surface area contributed by atoms with E-state index in [0.717, 1.165) is 0 Å². The van der Waals surface area contributed by atoms with Crippen LogP contribution in [0.3, 0.4) is 0 Å². The topological polar surface area (TPSA) is 92.4 Å². The molecule has 0 fully saturated rings. The van der Waals surface area contributed by atoms with Gasteiger partial charge in [0.1, 0.15) is 0 Å². The molecule has 0 radical (unpaired) electrons. The molecule has 0 heterocycles. The maximum Gasteiger partial charge on any atom is 0.335 e. The van der Waals surface area contributed by atoms with E-state index in [1.54, 1.807) is 6.07 Å². The van der Waals surface area contributed by atoms with E-state index in [4.69, 9.17) is 10.8 Å². The van der Waals surface area contributed by atoms with Crippen LogP contribution in [0.4, 0.5) is 5.69 Å². The average Bonchev–Trinajstić information content (AvgIpc) is 2.28. The van der Waals surface area contributed by atoms with E-state index in [1.807, 2.05) is 13.8 Å². The summed E-state index contributed by atoms with van der Waals surface area (Å²) in [4.78, 5) is 22.5. The molecule has 1 aromatic rings. The van der Waals surface area contributed by atoms with E-state index in [-0.39, 0.29) is 17.0 Å². The van der Waals surface area contributed by atoms with Crippen LogP contribution in [0.25, 0.3) is 0 Å². The monoisotopic (exact) mass is 328 g/mol. The Kier molecular flexibility index (Phi) is 5.08. The molecule has 0 aliphatic heterocycles. The number of carbonyl (C=O) groups is 2. The van der Waals surface area contributed by atoms with Gasteiger partial charge in [-0.1, -0.05) is 0 Å². The van der Waals surface area contributed by atoms with Crippen molar-refractivity contribution in [2.75, 3.05) is 5.32 Å². The third-order valence-electron chi connectivity index (χ3n) is 2.49. The Bertz CT molecular complexity index is 495. The fourth-order valence-electron chi connectivity index (χ4n) is 1.40. The van der Waals surface area contributed by atoms with Gasteiger partial charge in [0.15, 0.2) is 0 Å². The number of carboxylic acid groups (broad SMARTS) is 1. The molecule has 19 heavy (non-hydrogen) atoms. The van der Waals surface area contributed by atoms with E-state index in [9.17, 15) is 9.59 Å². The quantitative estimate of drug-likeness (QED) is 0.774. The van der Waals surface area contributed by atoms with Crippen molar-refractivity contribution in [2.24, 2.45) is 5.73 Å². The summed E-state index contributed by atoms with van der Waals surface area (Å²) in [6, 6.07) is 4.44. The van der Waals surface area contributed by atoms with Crippen LogP contribution in [0.5, 0.6) is 0 Å². The molecule has 1 amide bonds. The summed E-state index contributed by atoms with van der Waals surface area (Å²) in [7, 11) is 0. The van der Waals surface area contributed by atoms with Crippen molar-refractivity contribution in [2.45, 2.75) is 32.2 Å². The number of halogens is 1. The zero-order valence-corrected chi connectivity index (χ0v) is 12.5. The molecule has 1 rings (SSSR count). The van der Waals surface area contributed by atoms with Gasteiger partial charge in [0.05, 0.1) is 11.3 Å². The molecule has 0 atom stereocenters. The van der Waals surface area contributed by atoms with Crippen molar-refractivity contribution < 1.29 is 14.7 Å². The Morgan fingerprint density at radius 3 is 2.53 bits per heavy atom. The molecule has 5 nitrogen and oxygen atoms in total. The summed E-state index contributed by atoms with van der Waals surface area (Å²) in [5, 5.41) is 11.5. The van der Waals surface area contributed by atoms with Gasteiger partial charge >= 0.3 is 5.97 Å². The lowest BCUT2D eigenvalue weighted by molar-refractivity contribution is -0.116. The first-order valence-electron chi connectivity index (χ1n) is 5.80. The standard InChI is InChI=1S/C13H17BrN2O3/c1-13(2,15)6-5-11(17)16-10-4-3-8(12(18)19)7-9(10)14/h3-4,7H,5-6,15H2,1-2H3,(H,16,17)(H,18,19).